The molecule has 5 heteroatoms. The molecule has 0 saturated carbocycles. The zero-order chi connectivity index (χ0) is 27.6. The second-order valence-electron chi connectivity index (χ2n) is 10.0. The summed E-state index contributed by atoms with van der Waals surface area (Å²) in [5.41, 5.74) is 0.994. The van der Waals surface area contributed by atoms with Gasteiger partial charge in [-0.05, 0) is 0 Å². The Morgan fingerprint density at radius 2 is 1.10 bits per heavy atom. The van der Waals surface area contributed by atoms with Gasteiger partial charge in [0, 0.05) is 0 Å². The summed E-state index contributed by atoms with van der Waals surface area (Å²) in [6, 6.07) is 36.9. The molecule has 0 atom stereocenters. The Hall–Kier alpha value is -3.04. The van der Waals surface area contributed by atoms with Crippen LogP contribution in [0.1, 0.15) is 44.6 Å². The van der Waals surface area contributed by atoms with Gasteiger partial charge in [-0.2, -0.15) is 0 Å². The Labute approximate surface area is 234 Å². The standard InChI is InChI=1S/C34H39O3PS/c1-3-4-5-6-7-8-18-29-38(31-19-12-9-13-20-31,32-21-14-10-15-22-32,33-23-16-11-17-24-33)37-39(35,36)34-27-25-30(2)26-28-34/h7-17,19-28H,3-6,18,29H2,1-2H3/b8-7-. The van der Waals surface area contributed by atoms with Crippen molar-refractivity contribution in [2.24, 2.45) is 0 Å². The van der Waals surface area contributed by atoms with Gasteiger partial charge < -0.3 is 0 Å². The number of hydrogen-bond donors (Lipinski definition) is 0. The zero-order valence-corrected chi connectivity index (χ0v) is 24.7. The van der Waals surface area contributed by atoms with Crippen molar-refractivity contribution < 1.29 is 12.4 Å². The van der Waals surface area contributed by atoms with Crippen LogP contribution in [0.15, 0.2) is 132 Å². The average molecular weight is 559 g/mol. The Balaban J connectivity index is 2.00. The molecule has 0 N–H and O–H groups in total. The van der Waals surface area contributed by atoms with E-state index in [-0.39, 0.29) is 4.90 Å². The van der Waals surface area contributed by atoms with Crippen LogP contribution < -0.4 is 15.9 Å². The van der Waals surface area contributed by atoms with Crippen LogP contribution in [0, 0.1) is 6.92 Å². The Bertz CT molecular complexity index is 1350. The van der Waals surface area contributed by atoms with E-state index in [4.69, 9.17) is 3.97 Å². The second kappa shape index (κ2) is 12.9. The first-order valence-corrected chi connectivity index (χ1v) is 17.5. The van der Waals surface area contributed by atoms with Gasteiger partial charge in [0.25, 0.3) is 0 Å². The number of benzene rings is 4. The number of unbranched alkanes of at least 4 members (excludes halogenated alkanes) is 3. The SMILES string of the molecule is CCCCC/C=C\CCP(OS(=O)(=O)c1ccc(C)cc1)(c1ccccc1)(c1ccccc1)c1ccccc1. The van der Waals surface area contributed by atoms with Gasteiger partial charge in [-0.15, -0.1) is 0 Å². The molecule has 204 valence electrons. The van der Waals surface area contributed by atoms with Crippen LogP contribution >= 0.6 is 6.83 Å². The minimum absolute atomic E-state index is 0.167. The predicted octanol–water partition coefficient (Wildman–Crippen LogP) is 7.67. The summed E-state index contributed by atoms with van der Waals surface area (Å²) in [5.74, 6) is 0. The predicted molar refractivity (Wildman–Crippen MR) is 167 cm³/mol. The molecule has 3 nitrogen and oxygen atoms in total. The summed E-state index contributed by atoms with van der Waals surface area (Å²) >= 11 is 0. The minimum atomic E-state index is -4.16. The number of aryl methyl sites for hydroxylation is 1. The van der Waals surface area contributed by atoms with E-state index in [1.165, 1.54) is 12.8 Å². The normalized spacial score (nSPS) is 13.2. The monoisotopic (exact) mass is 558 g/mol. The summed E-state index contributed by atoms with van der Waals surface area (Å²) in [5, 5.41) is 2.70. The van der Waals surface area contributed by atoms with Crippen LogP contribution in [-0.4, -0.2) is 14.6 Å². The molecule has 39 heavy (non-hydrogen) atoms. The van der Waals surface area contributed by atoms with Crippen molar-refractivity contribution in [2.45, 2.75) is 50.8 Å². The van der Waals surface area contributed by atoms with E-state index in [2.05, 4.69) is 19.1 Å². The average Bonchev–Trinajstić information content (AvgIpc) is 2.98. The molecule has 0 aliphatic rings. The van der Waals surface area contributed by atoms with Crippen molar-refractivity contribution in [1.29, 1.82) is 0 Å². The van der Waals surface area contributed by atoms with Crippen molar-refractivity contribution in [3.63, 3.8) is 0 Å². The zero-order valence-electron chi connectivity index (χ0n) is 22.9. The van der Waals surface area contributed by atoms with Gasteiger partial charge >= 0.3 is 235 Å². The van der Waals surface area contributed by atoms with E-state index in [1.54, 1.807) is 12.1 Å². The molecule has 0 heterocycles. The molecule has 0 amide bonds. The van der Waals surface area contributed by atoms with Crippen molar-refractivity contribution in [3.05, 3.63) is 133 Å². The number of rotatable bonds is 13. The third-order valence-corrected chi connectivity index (χ3v) is 15.6. The number of hydrogen-bond acceptors (Lipinski definition) is 3. The molecule has 0 saturated heterocycles. The molecular weight excluding hydrogens is 519 g/mol. The molecule has 4 aromatic rings. The molecule has 4 aromatic carbocycles. The molecule has 0 radical (unpaired) electrons. The van der Waals surface area contributed by atoms with E-state index >= 15 is 0 Å². The summed E-state index contributed by atoms with van der Waals surface area (Å²) in [6.45, 7) is 0.101. The number of allylic oxidation sites excluding steroid dienone is 2. The van der Waals surface area contributed by atoms with E-state index in [9.17, 15) is 8.42 Å². The van der Waals surface area contributed by atoms with Crippen molar-refractivity contribution in [1.82, 2.24) is 0 Å². The topological polar surface area (TPSA) is 43.4 Å². The van der Waals surface area contributed by atoms with Gasteiger partial charge in [-0.3, -0.25) is 0 Å². The maximum atomic E-state index is 14.3. The molecule has 0 aliphatic carbocycles. The third-order valence-electron chi connectivity index (χ3n) is 7.34. The van der Waals surface area contributed by atoms with Crippen LogP contribution in [0.3, 0.4) is 0 Å². The molecular formula is C34H39O3PS. The summed E-state index contributed by atoms with van der Waals surface area (Å²) in [6.07, 6.45) is 10.2. The van der Waals surface area contributed by atoms with Gasteiger partial charge in [-0.25, -0.2) is 0 Å². The second-order valence-corrected chi connectivity index (χ2v) is 16.4. The van der Waals surface area contributed by atoms with Gasteiger partial charge in [0.15, 0.2) is 0 Å². The summed E-state index contributed by atoms with van der Waals surface area (Å²) < 4.78 is 35.5. The molecule has 0 bridgehead atoms. The van der Waals surface area contributed by atoms with E-state index < -0.39 is 16.9 Å². The van der Waals surface area contributed by atoms with Crippen molar-refractivity contribution >= 4 is 32.9 Å². The van der Waals surface area contributed by atoms with Crippen LogP contribution in [0.2, 0.25) is 0 Å². The first-order chi connectivity index (χ1) is 18.9. The van der Waals surface area contributed by atoms with E-state index in [0.717, 1.165) is 34.3 Å². The maximum absolute atomic E-state index is 14.3. The quantitative estimate of drug-likeness (QED) is 0.0961. The van der Waals surface area contributed by atoms with Gasteiger partial charge in [0.05, 0.1) is 0 Å². The van der Waals surface area contributed by atoms with E-state index in [0.29, 0.717) is 12.6 Å². The van der Waals surface area contributed by atoms with E-state index in [1.807, 2.05) is 110 Å². The van der Waals surface area contributed by atoms with Gasteiger partial charge in [0.2, 0.25) is 0 Å². The molecule has 4 rings (SSSR count). The Kier molecular flexibility index (Phi) is 9.56. The molecule has 0 spiro atoms. The Morgan fingerprint density at radius 3 is 1.56 bits per heavy atom. The molecule has 0 unspecified atom stereocenters. The fraction of sp³-hybridized carbons (Fsp3) is 0.235. The van der Waals surface area contributed by atoms with Gasteiger partial charge in [-0.1, -0.05) is 0 Å². The van der Waals surface area contributed by atoms with Gasteiger partial charge in [0.1, 0.15) is 0 Å². The first kappa shape index (κ1) is 29.0. The van der Waals surface area contributed by atoms with Crippen molar-refractivity contribution in [3.8, 4) is 0 Å². The first-order valence-electron chi connectivity index (χ1n) is 13.8. The summed E-state index contributed by atoms with van der Waals surface area (Å²) in [4.78, 5) is 0.167. The molecule has 0 aromatic heterocycles. The van der Waals surface area contributed by atoms with Crippen LogP contribution in [0.5, 0.6) is 0 Å². The molecule has 0 aliphatic heterocycles. The molecule has 0 fully saturated rings. The third kappa shape index (κ3) is 6.09. The summed E-state index contributed by atoms with van der Waals surface area (Å²) in [7, 11) is -4.16. The van der Waals surface area contributed by atoms with Crippen LogP contribution in [-0.2, 0) is 14.1 Å². The van der Waals surface area contributed by atoms with Crippen molar-refractivity contribution in [2.75, 3.05) is 6.16 Å². The fourth-order valence-electron chi connectivity index (χ4n) is 5.26. The Morgan fingerprint density at radius 1 is 0.641 bits per heavy atom. The van der Waals surface area contributed by atoms with Crippen LogP contribution in [0.25, 0.3) is 0 Å². The van der Waals surface area contributed by atoms with Crippen LogP contribution in [0.4, 0.5) is 0 Å². The fourth-order valence-corrected chi connectivity index (χ4v) is 13.9.